The van der Waals surface area contributed by atoms with E-state index in [9.17, 15) is 4.79 Å². The molecule has 0 bridgehead atoms. The van der Waals surface area contributed by atoms with Crippen molar-refractivity contribution in [3.63, 3.8) is 0 Å². The van der Waals surface area contributed by atoms with Crippen LogP contribution in [-0.4, -0.2) is 55.8 Å². The number of methoxy groups -OCH3 is 2. The fourth-order valence-corrected chi connectivity index (χ4v) is 1.87. The van der Waals surface area contributed by atoms with Crippen molar-refractivity contribution in [1.29, 1.82) is 0 Å². The Balaban J connectivity index is 1.92. The molecule has 0 spiro atoms. The zero-order valence-electron chi connectivity index (χ0n) is 14.6. The van der Waals surface area contributed by atoms with E-state index in [1.165, 1.54) is 7.11 Å². The lowest BCUT2D eigenvalue weighted by Crippen LogP contribution is -2.29. The first kappa shape index (κ1) is 18.2. The number of hydrogen-bond acceptors (Lipinski definition) is 8. The average Bonchev–Trinajstić information content (AvgIpc) is 2.64. The van der Waals surface area contributed by atoms with Crippen molar-refractivity contribution in [2.45, 2.75) is 6.54 Å². The minimum atomic E-state index is -0.309. The number of hydrogen-bond donors (Lipinski definition) is 1. The third-order valence-corrected chi connectivity index (χ3v) is 3.10. The fourth-order valence-electron chi connectivity index (χ4n) is 1.87. The van der Waals surface area contributed by atoms with E-state index in [1.54, 1.807) is 44.3 Å². The molecule has 0 unspecified atom stereocenters. The molecule has 0 aliphatic heterocycles. The Bertz CT molecular complexity index is 723. The van der Waals surface area contributed by atoms with Crippen LogP contribution in [0.5, 0.6) is 17.5 Å². The topological polar surface area (TPSA) is 98.7 Å². The smallest absolute Gasteiger partial charge is 0.321 e. The molecule has 0 aliphatic carbocycles. The van der Waals surface area contributed by atoms with Crippen molar-refractivity contribution in [1.82, 2.24) is 20.3 Å². The van der Waals surface area contributed by atoms with Crippen molar-refractivity contribution in [2.75, 3.05) is 39.8 Å². The van der Waals surface area contributed by atoms with E-state index < -0.39 is 0 Å². The van der Waals surface area contributed by atoms with Crippen LogP contribution >= 0.6 is 0 Å². The van der Waals surface area contributed by atoms with Crippen LogP contribution in [0.25, 0.3) is 0 Å². The summed E-state index contributed by atoms with van der Waals surface area (Å²) in [4.78, 5) is 26.2. The molecule has 1 amide bonds. The molecule has 0 fully saturated rings. The second kappa shape index (κ2) is 8.67. The summed E-state index contributed by atoms with van der Waals surface area (Å²) in [6, 6.07) is 7.30. The second-order valence-electron chi connectivity index (χ2n) is 5.15. The molecule has 1 aromatic carbocycles. The fraction of sp³-hybridized carbons (Fsp3) is 0.375. The number of aromatic nitrogens is 3. The van der Waals surface area contributed by atoms with Gasteiger partial charge in [0, 0.05) is 14.1 Å². The van der Waals surface area contributed by atoms with Gasteiger partial charge < -0.3 is 24.4 Å². The summed E-state index contributed by atoms with van der Waals surface area (Å²) < 4.78 is 15.7. The van der Waals surface area contributed by atoms with Crippen LogP contribution in [0.4, 0.5) is 5.95 Å². The number of nitrogens with zero attached hydrogens (tertiary/aromatic N) is 4. The van der Waals surface area contributed by atoms with Crippen molar-refractivity contribution in [3.8, 4) is 17.5 Å². The maximum Gasteiger partial charge on any atom is 0.321 e. The Kier molecular flexibility index (Phi) is 6.33. The molecule has 134 valence electrons. The Morgan fingerprint density at radius 1 is 1.08 bits per heavy atom. The lowest BCUT2D eigenvalue weighted by Gasteiger charge is -2.13. The second-order valence-corrected chi connectivity index (χ2v) is 5.15. The summed E-state index contributed by atoms with van der Waals surface area (Å²) in [6.07, 6.45) is 0. The van der Waals surface area contributed by atoms with Crippen LogP contribution in [0, 0.1) is 0 Å². The third kappa shape index (κ3) is 5.20. The molecule has 9 heteroatoms. The van der Waals surface area contributed by atoms with E-state index in [-0.39, 0.29) is 25.1 Å². The molecule has 2 rings (SSSR count). The third-order valence-electron chi connectivity index (χ3n) is 3.10. The predicted octanol–water partition coefficient (Wildman–Crippen LogP) is 0.650. The molecule has 1 N–H and O–H groups in total. The molecule has 0 aliphatic rings. The van der Waals surface area contributed by atoms with Gasteiger partial charge in [-0.1, -0.05) is 12.1 Å². The maximum atomic E-state index is 12.0. The summed E-state index contributed by atoms with van der Waals surface area (Å²) >= 11 is 0. The highest BCUT2D eigenvalue weighted by atomic mass is 16.5. The van der Waals surface area contributed by atoms with Gasteiger partial charge >= 0.3 is 6.01 Å². The maximum absolute atomic E-state index is 12.0. The van der Waals surface area contributed by atoms with Gasteiger partial charge in [0.1, 0.15) is 0 Å². The average molecular weight is 347 g/mol. The number of amides is 1. The van der Waals surface area contributed by atoms with Crippen LogP contribution in [0.1, 0.15) is 5.82 Å². The number of benzene rings is 1. The Morgan fingerprint density at radius 3 is 2.44 bits per heavy atom. The van der Waals surface area contributed by atoms with Gasteiger partial charge in [-0.25, -0.2) is 0 Å². The van der Waals surface area contributed by atoms with E-state index in [0.717, 1.165) is 0 Å². The minimum absolute atomic E-state index is 0.133. The quantitative estimate of drug-likeness (QED) is 0.743. The summed E-state index contributed by atoms with van der Waals surface area (Å²) in [6.45, 7) is -0.0169. The van der Waals surface area contributed by atoms with Gasteiger partial charge in [-0.05, 0) is 12.1 Å². The van der Waals surface area contributed by atoms with Crippen LogP contribution in [0.2, 0.25) is 0 Å². The molecule has 25 heavy (non-hydrogen) atoms. The van der Waals surface area contributed by atoms with Crippen molar-refractivity contribution < 1.29 is 19.0 Å². The van der Waals surface area contributed by atoms with Gasteiger partial charge in [0.2, 0.25) is 5.95 Å². The van der Waals surface area contributed by atoms with Crippen LogP contribution < -0.4 is 24.4 Å². The van der Waals surface area contributed by atoms with Crippen molar-refractivity contribution in [2.24, 2.45) is 0 Å². The highest BCUT2D eigenvalue weighted by Crippen LogP contribution is 2.25. The summed E-state index contributed by atoms with van der Waals surface area (Å²) in [5.41, 5.74) is 0. The zero-order chi connectivity index (χ0) is 18.2. The number of carbonyl (C=O) groups is 1. The van der Waals surface area contributed by atoms with E-state index >= 15 is 0 Å². The van der Waals surface area contributed by atoms with Crippen LogP contribution in [0.15, 0.2) is 24.3 Å². The largest absolute Gasteiger partial charge is 0.493 e. The molecule has 0 saturated carbocycles. The van der Waals surface area contributed by atoms with Gasteiger partial charge in [0.25, 0.3) is 5.91 Å². The number of nitrogens with one attached hydrogen (secondary N) is 1. The molecule has 1 aromatic heterocycles. The highest BCUT2D eigenvalue weighted by Gasteiger charge is 2.11. The zero-order valence-corrected chi connectivity index (χ0v) is 14.6. The molecule has 0 atom stereocenters. The summed E-state index contributed by atoms with van der Waals surface area (Å²) in [5.74, 6) is 1.59. The first-order valence-corrected chi connectivity index (χ1v) is 7.52. The molecule has 2 aromatic rings. The summed E-state index contributed by atoms with van der Waals surface area (Å²) in [7, 11) is 6.62. The first-order chi connectivity index (χ1) is 12.0. The van der Waals surface area contributed by atoms with E-state index in [1.807, 2.05) is 6.07 Å². The van der Waals surface area contributed by atoms with E-state index in [2.05, 4.69) is 20.3 Å². The highest BCUT2D eigenvalue weighted by molar-refractivity contribution is 5.77. The van der Waals surface area contributed by atoms with Gasteiger partial charge in [-0.2, -0.15) is 15.0 Å². The predicted molar refractivity (Wildman–Crippen MR) is 91.0 cm³/mol. The number of ether oxygens (including phenoxy) is 3. The number of rotatable bonds is 8. The van der Waals surface area contributed by atoms with Crippen molar-refractivity contribution >= 4 is 11.9 Å². The normalized spacial score (nSPS) is 10.1. The minimum Gasteiger partial charge on any atom is -0.493 e. The first-order valence-electron chi connectivity index (χ1n) is 7.52. The molecular formula is C16H21N5O4. The molecular weight excluding hydrogens is 326 g/mol. The SMILES string of the molecule is COc1nc(CNC(=O)COc2ccccc2OC)nc(N(C)C)n1. The molecule has 1 heterocycles. The lowest BCUT2D eigenvalue weighted by molar-refractivity contribution is -0.123. The monoisotopic (exact) mass is 347 g/mol. The van der Waals surface area contributed by atoms with Crippen LogP contribution in [-0.2, 0) is 11.3 Å². The molecule has 0 saturated heterocycles. The van der Waals surface area contributed by atoms with E-state index in [0.29, 0.717) is 23.3 Å². The van der Waals surface area contributed by atoms with Gasteiger partial charge in [-0.3, -0.25) is 4.79 Å². The van der Waals surface area contributed by atoms with Crippen LogP contribution in [0.3, 0.4) is 0 Å². The van der Waals surface area contributed by atoms with Gasteiger partial charge in [0.05, 0.1) is 20.8 Å². The lowest BCUT2D eigenvalue weighted by atomic mass is 10.3. The number of para-hydroxylation sites is 2. The number of carbonyl (C=O) groups excluding carboxylic acids is 1. The van der Waals surface area contributed by atoms with E-state index in [4.69, 9.17) is 14.2 Å². The van der Waals surface area contributed by atoms with Gasteiger partial charge in [0.15, 0.2) is 23.9 Å². The summed E-state index contributed by atoms with van der Waals surface area (Å²) in [5, 5.41) is 2.69. The van der Waals surface area contributed by atoms with Gasteiger partial charge in [-0.15, -0.1) is 0 Å². The Hall–Kier alpha value is -3.10. The number of anilines is 1. The Labute approximate surface area is 146 Å². The Morgan fingerprint density at radius 2 is 1.80 bits per heavy atom. The molecule has 9 nitrogen and oxygen atoms in total. The standard InChI is InChI=1S/C16H21N5O4/c1-21(2)15-18-13(19-16(20-15)24-4)9-17-14(22)10-25-12-8-6-5-7-11(12)23-3/h5-8H,9-10H2,1-4H3,(H,17,22). The molecule has 0 radical (unpaired) electrons. The van der Waals surface area contributed by atoms with Crippen molar-refractivity contribution in [3.05, 3.63) is 30.1 Å².